The first kappa shape index (κ1) is 19.2. The van der Waals surface area contributed by atoms with E-state index in [1.54, 1.807) is 0 Å². The van der Waals surface area contributed by atoms with E-state index < -0.39 is 26.9 Å². The van der Waals surface area contributed by atoms with Gasteiger partial charge in [-0.3, -0.25) is 0 Å². The molecule has 1 aliphatic rings. The number of aliphatic hydroxyl groups is 1. The van der Waals surface area contributed by atoms with Gasteiger partial charge >= 0.3 is 0 Å². The van der Waals surface area contributed by atoms with Crippen molar-refractivity contribution in [3.8, 4) is 0 Å². The molecule has 3 nitrogen and oxygen atoms in total. The van der Waals surface area contributed by atoms with E-state index in [0.29, 0.717) is 0 Å². The molecule has 140 valence electrons. The van der Waals surface area contributed by atoms with Gasteiger partial charge in [0, 0.05) is 6.42 Å². The van der Waals surface area contributed by atoms with Gasteiger partial charge in [0.1, 0.15) is 0 Å². The quantitative estimate of drug-likeness (QED) is 0.818. The zero-order valence-corrected chi connectivity index (χ0v) is 16.6. The van der Waals surface area contributed by atoms with Gasteiger partial charge in [-0.1, -0.05) is 81.4 Å². The summed E-state index contributed by atoms with van der Waals surface area (Å²) in [6.45, 7) is 6.86. The van der Waals surface area contributed by atoms with E-state index in [0.717, 1.165) is 0 Å². The van der Waals surface area contributed by atoms with Gasteiger partial charge in [0.15, 0.2) is 12.5 Å². The first-order valence-corrected chi connectivity index (χ1v) is 11.0. The number of halogens is 1. The van der Waals surface area contributed by atoms with Crippen molar-refractivity contribution in [1.29, 1.82) is 0 Å². The molecule has 1 heterocycles. The molecule has 5 heteroatoms. The SMILES string of the molecule is CC(C)(C)[Si](OC[C@@H]1CC(F)[C@H](O)O1)(c1ccccc1)c1ccccc1. The van der Waals surface area contributed by atoms with Crippen molar-refractivity contribution in [2.75, 3.05) is 6.61 Å². The lowest BCUT2D eigenvalue weighted by Gasteiger charge is -2.43. The first-order valence-electron chi connectivity index (χ1n) is 9.07. The van der Waals surface area contributed by atoms with Crippen LogP contribution in [0.2, 0.25) is 5.04 Å². The fourth-order valence-corrected chi connectivity index (χ4v) is 8.38. The Kier molecular flexibility index (Phi) is 5.63. The number of aliphatic hydroxyl groups excluding tert-OH is 1. The molecule has 0 spiro atoms. The molecule has 0 saturated carbocycles. The molecule has 2 aromatic rings. The Hall–Kier alpha value is -1.53. The van der Waals surface area contributed by atoms with Crippen molar-refractivity contribution in [1.82, 2.24) is 0 Å². The third-order valence-corrected chi connectivity index (χ3v) is 10.0. The summed E-state index contributed by atoms with van der Waals surface area (Å²) in [4.78, 5) is 0. The average Bonchev–Trinajstić information content (AvgIpc) is 2.94. The summed E-state index contributed by atoms with van der Waals surface area (Å²) in [5, 5.41) is 11.8. The minimum absolute atomic E-state index is 0.137. The molecule has 1 N–H and O–H groups in total. The van der Waals surface area contributed by atoms with Crippen LogP contribution in [0.4, 0.5) is 4.39 Å². The van der Waals surface area contributed by atoms with Crippen molar-refractivity contribution in [2.45, 2.75) is 50.8 Å². The third-order valence-electron chi connectivity index (χ3n) is 5.03. The lowest BCUT2D eigenvalue weighted by atomic mass is 10.2. The van der Waals surface area contributed by atoms with E-state index in [9.17, 15) is 9.50 Å². The van der Waals surface area contributed by atoms with Gasteiger partial charge in [0.05, 0.1) is 12.7 Å². The number of hydrogen-bond donors (Lipinski definition) is 1. The number of benzene rings is 2. The average molecular weight is 375 g/mol. The predicted molar refractivity (Wildman–Crippen MR) is 104 cm³/mol. The van der Waals surface area contributed by atoms with Crippen LogP contribution in [0.5, 0.6) is 0 Å². The molecule has 3 atom stereocenters. The van der Waals surface area contributed by atoms with Crippen LogP contribution in [0, 0.1) is 0 Å². The molecule has 0 bridgehead atoms. The summed E-state index contributed by atoms with van der Waals surface area (Å²) in [7, 11) is -2.64. The summed E-state index contributed by atoms with van der Waals surface area (Å²) in [6, 6.07) is 20.6. The normalized spacial score (nSPS) is 24.0. The Labute approximate surface area is 155 Å². The monoisotopic (exact) mass is 374 g/mol. The van der Waals surface area contributed by atoms with Crippen LogP contribution in [0.15, 0.2) is 60.7 Å². The second kappa shape index (κ2) is 7.60. The second-order valence-corrected chi connectivity index (χ2v) is 12.2. The van der Waals surface area contributed by atoms with Crippen molar-refractivity contribution < 1.29 is 18.7 Å². The third kappa shape index (κ3) is 3.62. The lowest BCUT2D eigenvalue weighted by molar-refractivity contribution is -0.118. The summed E-state index contributed by atoms with van der Waals surface area (Å²) < 4.78 is 25.7. The maximum Gasteiger partial charge on any atom is 0.261 e. The molecule has 3 rings (SSSR count). The van der Waals surface area contributed by atoms with E-state index in [1.807, 2.05) is 36.4 Å². The molecule has 0 aromatic heterocycles. The van der Waals surface area contributed by atoms with E-state index in [1.165, 1.54) is 10.4 Å². The maximum absolute atomic E-state index is 13.6. The zero-order chi connectivity index (χ0) is 18.8. The summed E-state index contributed by atoms with van der Waals surface area (Å²) in [5.74, 6) is 0. The highest BCUT2D eigenvalue weighted by Crippen LogP contribution is 2.37. The molecule has 0 amide bonds. The predicted octanol–water partition coefficient (Wildman–Crippen LogP) is 3.01. The molecular weight excluding hydrogens is 347 g/mol. The number of rotatable bonds is 5. The van der Waals surface area contributed by atoms with Crippen LogP contribution in [0.25, 0.3) is 0 Å². The van der Waals surface area contributed by atoms with Crippen LogP contribution in [0.3, 0.4) is 0 Å². The van der Waals surface area contributed by atoms with E-state index in [-0.39, 0.29) is 18.1 Å². The number of alkyl halides is 1. The fourth-order valence-electron chi connectivity index (χ4n) is 3.79. The van der Waals surface area contributed by atoms with Gasteiger partial charge in [-0.15, -0.1) is 0 Å². The van der Waals surface area contributed by atoms with E-state index >= 15 is 0 Å². The van der Waals surface area contributed by atoms with Gasteiger partial charge in [-0.05, 0) is 15.4 Å². The molecule has 2 aromatic carbocycles. The number of ether oxygens (including phenoxy) is 1. The van der Waals surface area contributed by atoms with Gasteiger partial charge in [-0.25, -0.2) is 4.39 Å². The van der Waals surface area contributed by atoms with E-state index in [2.05, 4.69) is 45.0 Å². The minimum atomic E-state index is -2.64. The van der Waals surface area contributed by atoms with Gasteiger partial charge in [0.2, 0.25) is 0 Å². The Morgan fingerprint density at radius 2 is 1.54 bits per heavy atom. The van der Waals surface area contributed by atoms with E-state index in [4.69, 9.17) is 9.16 Å². The minimum Gasteiger partial charge on any atom is -0.405 e. The maximum atomic E-state index is 13.6. The smallest absolute Gasteiger partial charge is 0.261 e. The second-order valence-electron chi connectivity index (χ2n) is 7.87. The lowest BCUT2D eigenvalue weighted by Crippen LogP contribution is -2.67. The Bertz CT molecular complexity index is 653. The molecule has 0 aliphatic carbocycles. The molecule has 0 radical (unpaired) electrons. The Morgan fingerprint density at radius 3 is 1.92 bits per heavy atom. The highest BCUT2D eigenvalue weighted by molar-refractivity contribution is 6.99. The molecule has 26 heavy (non-hydrogen) atoms. The van der Waals surface area contributed by atoms with Crippen LogP contribution in [0.1, 0.15) is 27.2 Å². The molecule has 1 fully saturated rings. The van der Waals surface area contributed by atoms with Crippen molar-refractivity contribution in [3.63, 3.8) is 0 Å². The summed E-state index contributed by atoms with van der Waals surface area (Å²) >= 11 is 0. The van der Waals surface area contributed by atoms with Crippen LogP contribution in [-0.2, 0) is 9.16 Å². The van der Waals surface area contributed by atoms with Gasteiger partial charge in [0.25, 0.3) is 8.32 Å². The molecule has 1 unspecified atom stereocenters. The zero-order valence-electron chi connectivity index (χ0n) is 15.6. The molecule has 1 aliphatic heterocycles. The van der Waals surface area contributed by atoms with Crippen molar-refractivity contribution >= 4 is 18.7 Å². The highest BCUT2D eigenvalue weighted by atomic mass is 28.4. The Morgan fingerprint density at radius 1 is 1.04 bits per heavy atom. The van der Waals surface area contributed by atoms with Crippen LogP contribution >= 0.6 is 0 Å². The topological polar surface area (TPSA) is 38.7 Å². The fraction of sp³-hybridized carbons (Fsp3) is 0.429. The van der Waals surface area contributed by atoms with Crippen molar-refractivity contribution in [3.05, 3.63) is 60.7 Å². The first-order chi connectivity index (χ1) is 12.3. The molecular formula is C21H27FO3Si. The Balaban J connectivity index is 2.00. The van der Waals surface area contributed by atoms with Crippen LogP contribution < -0.4 is 10.4 Å². The largest absolute Gasteiger partial charge is 0.405 e. The number of hydrogen-bond acceptors (Lipinski definition) is 3. The highest BCUT2D eigenvalue weighted by Gasteiger charge is 2.51. The standard InChI is InChI=1S/C21H27FO3Si/c1-21(2,3)26(17-10-6-4-7-11-17,18-12-8-5-9-13-18)24-15-16-14-19(22)20(23)25-16/h4-13,16,19-20,23H,14-15H2,1-3H3/t16-,19?,20+/m0/s1. The molecule has 1 saturated heterocycles. The van der Waals surface area contributed by atoms with Gasteiger partial charge < -0.3 is 14.3 Å². The summed E-state index contributed by atoms with van der Waals surface area (Å²) in [5.41, 5.74) is 0. The summed E-state index contributed by atoms with van der Waals surface area (Å²) in [6.07, 6.45) is -2.95. The van der Waals surface area contributed by atoms with Crippen molar-refractivity contribution in [2.24, 2.45) is 0 Å². The van der Waals surface area contributed by atoms with Crippen LogP contribution in [-0.4, -0.2) is 38.6 Å². The van der Waals surface area contributed by atoms with Gasteiger partial charge in [-0.2, -0.15) is 0 Å².